The lowest BCUT2D eigenvalue weighted by Crippen LogP contribution is -2.59. The van der Waals surface area contributed by atoms with E-state index in [0.717, 1.165) is 17.7 Å². The van der Waals surface area contributed by atoms with Gasteiger partial charge >= 0.3 is 0 Å². The van der Waals surface area contributed by atoms with E-state index < -0.39 is 8.32 Å². The van der Waals surface area contributed by atoms with Gasteiger partial charge in [-0.3, -0.25) is 0 Å². The Kier molecular flexibility index (Phi) is 3.65. The maximum atomic E-state index is 6.33. The smallest absolute Gasteiger partial charge is 0.242 e. The second kappa shape index (κ2) is 5.35. The van der Waals surface area contributed by atoms with Gasteiger partial charge in [0.25, 0.3) is 0 Å². The first-order valence-electron chi connectivity index (χ1n) is 9.42. The molecule has 0 amide bonds. The van der Waals surface area contributed by atoms with Crippen LogP contribution in [0.15, 0.2) is 18.2 Å². The van der Waals surface area contributed by atoms with E-state index >= 15 is 0 Å². The predicted molar refractivity (Wildman–Crippen MR) is 98.8 cm³/mol. The molecule has 3 unspecified atom stereocenters. The number of fused-ring (bicyclic) bond motifs is 1. The monoisotopic (exact) mass is 329 g/mol. The van der Waals surface area contributed by atoms with Crippen LogP contribution in [0.2, 0.25) is 19.6 Å². The van der Waals surface area contributed by atoms with Crippen LogP contribution in [-0.4, -0.2) is 32.9 Å². The van der Waals surface area contributed by atoms with Gasteiger partial charge in [0.1, 0.15) is 5.75 Å². The number of likely N-dealkylation sites (tertiary alicyclic amines) is 1. The van der Waals surface area contributed by atoms with Gasteiger partial charge in [-0.05, 0) is 88.1 Å². The molecule has 3 atom stereocenters. The van der Waals surface area contributed by atoms with Gasteiger partial charge in [0.15, 0.2) is 0 Å². The van der Waals surface area contributed by atoms with E-state index in [1.54, 1.807) is 11.1 Å². The molecule has 1 aromatic carbocycles. The highest BCUT2D eigenvalue weighted by atomic mass is 28.4. The Morgan fingerprint density at radius 3 is 2.78 bits per heavy atom. The third-order valence-corrected chi connectivity index (χ3v) is 7.36. The summed E-state index contributed by atoms with van der Waals surface area (Å²) in [5.74, 6) is 1.99. The summed E-state index contributed by atoms with van der Waals surface area (Å²) in [7, 11) is 0.804. The van der Waals surface area contributed by atoms with Crippen molar-refractivity contribution in [3.8, 4) is 5.75 Å². The molecule has 2 fully saturated rings. The molecule has 3 heteroatoms. The standard InChI is InChI=1S/C20H31NOSi/c1-21-12-11-20-10-6-5-7-17(20)19(21)13-15-8-9-16(14-18(15)20)22-23(2,3)4/h8-9,14,17,19H,5-7,10-13H2,1-4H3. The summed E-state index contributed by atoms with van der Waals surface area (Å²) < 4.78 is 6.33. The number of nitrogens with zero attached hydrogens (tertiary/aromatic N) is 1. The first-order valence-corrected chi connectivity index (χ1v) is 12.8. The Balaban J connectivity index is 1.79. The molecule has 23 heavy (non-hydrogen) atoms. The largest absolute Gasteiger partial charge is 0.544 e. The van der Waals surface area contributed by atoms with Crippen molar-refractivity contribution in [2.45, 2.75) is 69.6 Å². The molecule has 2 nitrogen and oxygen atoms in total. The van der Waals surface area contributed by atoms with Crippen molar-refractivity contribution in [3.05, 3.63) is 29.3 Å². The quantitative estimate of drug-likeness (QED) is 0.736. The van der Waals surface area contributed by atoms with Crippen LogP contribution in [0.3, 0.4) is 0 Å². The van der Waals surface area contributed by atoms with Crippen LogP contribution in [0.5, 0.6) is 5.75 Å². The van der Waals surface area contributed by atoms with Gasteiger partial charge in [-0.25, -0.2) is 0 Å². The Labute approximate surface area is 142 Å². The first-order chi connectivity index (χ1) is 10.9. The van der Waals surface area contributed by atoms with Crippen LogP contribution in [0, 0.1) is 5.92 Å². The maximum Gasteiger partial charge on any atom is 0.242 e. The number of piperidine rings is 1. The molecule has 1 aliphatic heterocycles. The molecule has 1 aromatic rings. The second-order valence-corrected chi connectivity index (χ2v) is 13.5. The van der Waals surface area contributed by atoms with Gasteiger partial charge in [-0.1, -0.05) is 18.9 Å². The molecule has 3 aliphatic rings. The average Bonchev–Trinajstić information content (AvgIpc) is 2.50. The van der Waals surface area contributed by atoms with Gasteiger partial charge < -0.3 is 9.33 Å². The van der Waals surface area contributed by atoms with Crippen molar-refractivity contribution in [1.82, 2.24) is 4.90 Å². The van der Waals surface area contributed by atoms with E-state index in [2.05, 4.69) is 49.8 Å². The summed E-state index contributed by atoms with van der Waals surface area (Å²) in [6.07, 6.45) is 8.24. The van der Waals surface area contributed by atoms with E-state index in [4.69, 9.17) is 4.43 Å². The molecule has 0 radical (unpaired) electrons. The third-order valence-electron chi connectivity index (χ3n) is 6.51. The van der Waals surface area contributed by atoms with Crippen molar-refractivity contribution in [2.75, 3.05) is 13.6 Å². The molecule has 0 aromatic heterocycles. The summed E-state index contributed by atoms with van der Waals surface area (Å²) in [4.78, 5) is 2.64. The minimum absolute atomic E-state index is 0.446. The van der Waals surface area contributed by atoms with Crippen molar-refractivity contribution >= 4 is 8.32 Å². The fraction of sp³-hybridized carbons (Fsp3) is 0.700. The summed E-state index contributed by atoms with van der Waals surface area (Å²) in [5, 5.41) is 0. The molecule has 0 spiro atoms. The SMILES string of the molecule is CN1CCC23CCCCC2C1Cc1ccc(O[Si](C)(C)C)cc13. The Bertz CT molecular complexity index is 608. The number of benzene rings is 1. The zero-order chi connectivity index (χ0) is 16.2. The zero-order valence-electron chi connectivity index (χ0n) is 15.2. The van der Waals surface area contributed by atoms with E-state index in [0.29, 0.717) is 5.41 Å². The van der Waals surface area contributed by atoms with Crippen molar-refractivity contribution in [1.29, 1.82) is 0 Å². The molecule has 2 aliphatic carbocycles. The van der Waals surface area contributed by atoms with Crippen LogP contribution in [0.4, 0.5) is 0 Å². The third kappa shape index (κ3) is 2.56. The molecular weight excluding hydrogens is 298 g/mol. The van der Waals surface area contributed by atoms with Crippen molar-refractivity contribution in [2.24, 2.45) is 5.92 Å². The Morgan fingerprint density at radius 2 is 2.00 bits per heavy atom. The number of rotatable bonds is 2. The van der Waals surface area contributed by atoms with Gasteiger partial charge in [0.2, 0.25) is 8.32 Å². The zero-order valence-corrected chi connectivity index (χ0v) is 16.2. The van der Waals surface area contributed by atoms with Gasteiger partial charge in [0, 0.05) is 11.5 Å². The van der Waals surface area contributed by atoms with Gasteiger partial charge in [0.05, 0.1) is 0 Å². The molecular formula is C20H31NOSi. The van der Waals surface area contributed by atoms with Crippen LogP contribution in [0.1, 0.15) is 43.2 Å². The number of hydrogen-bond donors (Lipinski definition) is 0. The topological polar surface area (TPSA) is 12.5 Å². The first kappa shape index (κ1) is 15.7. The fourth-order valence-corrected chi connectivity index (χ4v) is 6.43. The van der Waals surface area contributed by atoms with Crippen LogP contribution < -0.4 is 4.43 Å². The highest BCUT2D eigenvalue weighted by molar-refractivity contribution is 6.70. The summed E-state index contributed by atoms with van der Waals surface area (Å²) in [5.41, 5.74) is 3.70. The van der Waals surface area contributed by atoms with Crippen LogP contribution in [-0.2, 0) is 11.8 Å². The molecule has 1 saturated carbocycles. The van der Waals surface area contributed by atoms with Crippen LogP contribution >= 0.6 is 0 Å². The number of likely N-dealkylation sites (N-methyl/N-ethyl adjacent to an activating group) is 1. The summed E-state index contributed by atoms with van der Waals surface area (Å²) >= 11 is 0. The normalized spacial score (nSPS) is 33.7. The lowest BCUT2D eigenvalue weighted by molar-refractivity contribution is 0.00278. The van der Waals surface area contributed by atoms with Crippen molar-refractivity contribution < 1.29 is 4.43 Å². The molecule has 1 heterocycles. The van der Waals surface area contributed by atoms with E-state index in [1.807, 2.05) is 0 Å². The highest BCUT2D eigenvalue weighted by Crippen LogP contribution is 2.55. The molecule has 4 rings (SSSR count). The van der Waals surface area contributed by atoms with E-state index in [9.17, 15) is 0 Å². The highest BCUT2D eigenvalue weighted by Gasteiger charge is 2.53. The fourth-order valence-electron chi connectivity index (χ4n) is 5.59. The van der Waals surface area contributed by atoms with Crippen molar-refractivity contribution in [3.63, 3.8) is 0 Å². The van der Waals surface area contributed by atoms with Crippen LogP contribution in [0.25, 0.3) is 0 Å². The molecule has 0 N–H and O–H groups in total. The number of hydrogen-bond acceptors (Lipinski definition) is 2. The molecule has 2 bridgehead atoms. The van der Waals surface area contributed by atoms with E-state index in [-0.39, 0.29) is 0 Å². The summed E-state index contributed by atoms with van der Waals surface area (Å²) in [6.45, 7) is 8.10. The maximum absolute atomic E-state index is 6.33. The van der Waals surface area contributed by atoms with E-state index in [1.165, 1.54) is 45.1 Å². The predicted octanol–water partition coefficient (Wildman–Crippen LogP) is 4.59. The molecule has 1 saturated heterocycles. The minimum Gasteiger partial charge on any atom is -0.544 e. The lowest BCUT2D eigenvalue weighted by atomic mass is 9.52. The summed E-state index contributed by atoms with van der Waals surface area (Å²) in [6, 6.07) is 7.81. The Hall–Kier alpha value is -0.803. The van der Waals surface area contributed by atoms with Gasteiger partial charge in [-0.2, -0.15) is 0 Å². The Morgan fingerprint density at radius 1 is 1.17 bits per heavy atom. The average molecular weight is 330 g/mol. The minimum atomic E-state index is -1.54. The van der Waals surface area contributed by atoms with Gasteiger partial charge in [-0.15, -0.1) is 0 Å². The second-order valence-electron chi connectivity index (χ2n) is 9.04. The molecule has 126 valence electrons. The lowest BCUT2D eigenvalue weighted by Gasteiger charge is -2.58.